The van der Waals surface area contributed by atoms with Gasteiger partial charge in [-0.1, -0.05) is 11.6 Å². The second-order valence-corrected chi connectivity index (χ2v) is 5.67. The first kappa shape index (κ1) is 16.1. The first-order valence-corrected chi connectivity index (χ1v) is 7.61. The zero-order valence-corrected chi connectivity index (χ0v) is 12.6. The zero-order chi connectivity index (χ0) is 15.2. The van der Waals surface area contributed by atoms with Crippen molar-refractivity contribution >= 4 is 23.2 Å². The molecule has 3 N–H and O–H groups in total. The molecule has 0 saturated carbocycles. The van der Waals surface area contributed by atoms with Gasteiger partial charge in [0.15, 0.2) is 0 Å². The predicted octanol–water partition coefficient (Wildman–Crippen LogP) is 1.73. The van der Waals surface area contributed by atoms with Gasteiger partial charge >= 0.3 is 0 Å². The Labute approximate surface area is 129 Å². The average Bonchev–Trinajstić information content (AvgIpc) is 2.54. The van der Waals surface area contributed by atoms with Gasteiger partial charge in [0.1, 0.15) is 0 Å². The van der Waals surface area contributed by atoms with Crippen molar-refractivity contribution in [3.05, 3.63) is 28.8 Å². The van der Waals surface area contributed by atoms with Gasteiger partial charge in [-0.15, -0.1) is 0 Å². The molecule has 1 unspecified atom stereocenters. The van der Waals surface area contributed by atoms with Crippen LogP contribution < -0.4 is 5.32 Å². The smallest absolute Gasteiger partial charge is 0.253 e. The normalized spacial score (nSPS) is 16.6. The van der Waals surface area contributed by atoms with Crippen LogP contribution in [0.15, 0.2) is 18.2 Å². The molecule has 21 heavy (non-hydrogen) atoms. The van der Waals surface area contributed by atoms with Gasteiger partial charge < -0.3 is 20.4 Å². The lowest BCUT2D eigenvalue weighted by atomic mass is 10.1. The highest BCUT2D eigenvalue weighted by molar-refractivity contribution is 6.33. The summed E-state index contributed by atoms with van der Waals surface area (Å²) in [5.74, 6) is 0.0112. The fourth-order valence-corrected chi connectivity index (χ4v) is 2.55. The number of carbonyl (C=O) groups excluding carboxylic acids is 1. The maximum absolute atomic E-state index is 12.4. The minimum atomic E-state index is -0.859. The number of likely N-dealkylation sites (tertiary alicyclic amines) is 1. The van der Waals surface area contributed by atoms with Crippen LogP contribution in [0.2, 0.25) is 5.02 Å². The Morgan fingerprint density at radius 3 is 2.71 bits per heavy atom. The molecule has 0 radical (unpaired) electrons. The largest absolute Gasteiger partial charge is 0.394 e. The molecule has 0 aromatic heterocycles. The molecular formula is C15H21ClN2O3. The third kappa shape index (κ3) is 4.33. The van der Waals surface area contributed by atoms with Crippen molar-refractivity contribution in [3.8, 4) is 0 Å². The average molecular weight is 313 g/mol. The second-order valence-electron chi connectivity index (χ2n) is 5.26. The molecule has 116 valence electrons. The van der Waals surface area contributed by atoms with Crippen LogP contribution in [-0.2, 0) is 0 Å². The summed E-state index contributed by atoms with van der Waals surface area (Å²) in [6.07, 6.45) is 2.42. The van der Waals surface area contributed by atoms with Crippen molar-refractivity contribution in [1.82, 2.24) is 4.90 Å². The summed E-state index contributed by atoms with van der Waals surface area (Å²) < 4.78 is 0. The van der Waals surface area contributed by atoms with Gasteiger partial charge in [0.25, 0.3) is 5.91 Å². The fourth-order valence-electron chi connectivity index (χ4n) is 2.37. The van der Waals surface area contributed by atoms with E-state index in [1.165, 1.54) is 6.42 Å². The van der Waals surface area contributed by atoms with Gasteiger partial charge in [0.05, 0.1) is 23.4 Å². The maximum atomic E-state index is 12.4. The van der Waals surface area contributed by atoms with Crippen LogP contribution in [0, 0.1) is 0 Å². The van der Waals surface area contributed by atoms with Crippen molar-refractivity contribution in [2.75, 3.05) is 31.6 Å². The SMILES string of the molecule is O=C(c1ccc(Cl)c(NCC(O)CO)c1)N1CCCCC1. The van der Waals surface area contributed by atoms with Crippen LogP contribution in [0.5, 0.6) is 0 Å². The van der Waals surface area contributed by atoms with Gasteiger partial charge in [-0.3, -0.25) is 4.79 Å². The summed E-state index contributed by atoms with van der Waals surface area (Å²) in [7, 11) is 0. The molecule has 1 saturated heterocycles. The third-order valence-corrected chi connectivity index (χ3v) is 3.93. The zero-order valence-electron chi connectivity index (χ0n) is 11.9. The molecule has 1 aromatic carbocycles. The minimum Gasteiger partial charge on any atom is -0.394 e. The summed E-state index contributed by atoms with van der Waals surface area (Å²) in [5.41, 5.74) is 1.18. The lowest BCUT2D eigenvalue weighted by Gasteiger charge is -2.27. The topological polar surface area (TPSA) is 72.8 Å². The van der Waals surface area contributed by atoms with E-state index in [4.69, 9.17) is 16.7 Å². The number of hydrogen-bond acceptors (Lipinski definition) is 4. The van der Waals surface area contributed by atoms with E-state index in [1.54, 1.807) is 18.2 Å². The fraction of sp³-hybridized carbons (Fsp3) is 0.533. The van der Waals surface area contributed by atoms with E-state index in [0.29, 0.717) is 16.3 Å². The number of benzene rings is 1. The number of hydrogen-bond donors (Lipinski definition) is 3. The first-order chi connectivity index (χ1) is 10.1. The number of piperidine rings is 1. The van der Waals surface area contributed by atoms with E-state index in [0.717, 1.165) is 25.9 Å². The van der Waals surface area contributed by atoms with E-state index in [1.807, 2.05) is 4.90 Å². The summed E-state index contributed by atoms with van der Waals surface area (Å²) >= 11 is 6.08. The molecular weight excluding hydrogens is 292 g/mol. The third-order valence-electron chi connectivity index (χ3n) is 3.60. The highest BCUT2D eigenvalue weighted by Crippen LogP contribution is 2.24. The molecule has 0 bridgehead atoms. The minimum absolute atomic E-state index is 0.0112. The predicted molar refractivity (Wildman–Crippen MR) is 82.8 cm³/mol. The number of rotatable bonds is 5. The van der Waals surface area contributed by atoms with E-state index < -0.39 is 6.10 Å². The molecule has 1 atom stereocenters. The lowest BCUT2D eigenvalue weighted by molar-refractivity contribution is 0.0724. The van der Waals surface area contributed by atoms with Gasteiger partial charge in [0.2, 0.25) is 0 Å². The van der Waals surface area contributed by atoms with Gasteiger partial charge in [-0.2, -0.15) is 0 Å². The molecule has 1 amide bonds. The number of anilines is 1. The molecule has 1 aromatic rings. The van der Waals surface area contributed by atoms with Crippen molar-refractivity contribution in [2.24, 2.45) is 0 Å². The number of amides is 1. The highest BCUT2D eigenvalue weighted by Gasteiger charge is 2.19. The first-order valence-electron chi connectivity index (χ1n) is 7.23. The van der Waals surface area contributed by atoms with Crippen LogP contribution in [0.4, 0.5) is 5.69 Å². The standard InChI is InChI=1S/C15H21ClN2O3/c16-13-5-4-11(8-14(13)17-9-12(20)10-19)15(21)18-6-2-1-3-7-18/h4-5,8,12,17,19-20H,1-3,6-7,9-10H2. The van der Waals surface area contributed by atoms with E-state index >= 15 is 0 Å². The molecule has 1 heterocycles. The number of aliphatic hydroxyl groups excluding tert-OH is 2. The Morgan fingerprint density at radius 2 is 2.05 bits per heavy atom. The van der Waals surface area contributed by atoms with E-state index in [-0.39, 0.29) is 19.1 Å². The van der Waals surface area contributed by atoms with Crippen LogP contribution >= 0.6 is 11.6 Å². The van der Waals surface area contributed by atoms with Crippen LogP contribution in [0.3, 0.4) is 0 Å². The molecule has 6 heteroatoms. The Balaban J connectivity index is 2.08. The Hall–Kier alpha value is -1.30. The number of halogens is 1. The maximum Gasteiger partial charge on any atom is 0.253 e. The quantitative estimate of drug-likeness (QED) is 0.774. The summed E-state index contributed by atoms with van der Waals surface area (Å²) in [5, 5.41) is 21.6. The second kappa shape index (κ2) is 7.64. The van der Waals surface area contributed by atoms with E-state index in [9.17, 15) is 9.90 Å². The van der Waals surface area contributed by atoms with Gasteiger partial charge in [-0.05, 0) is 37.5 Å². The van der Waals surface area contributed by atoms with Crippen LogP contribution in [-0.4, -0.2) is 53.4 Å². The summed E-state index contributed by atoms with van der Waals surface area (Å²) in [4.78, 5) is 14.3. The molecule has 1 aliphatic heterocycles. The van der Waals surface area contributed by atoms with Crippen molar-refractivity contribution < 1.29 is 15.0 Å². The molecule has 5 nitrogen and oxygen atoms in total. The van der Waals surface area contributed by atoms with Crippen LogP contribution in [0.1, 0.15) is 29.6 Å². The molecule has 1 aliphatic rings. The van der Waals surface area contributed by atoms with Gasteiger partial charge in [-0.25, -0.2) is 0 Å². The summed E-state index contributed by atoms with van der Waals surface area (Å²) in [6, 6.07) is 5.09. The monoisotopic (exact) mass is 312 g/mol. The Morgan fingerprint density at radius 1 is 1.33 bits per heavy atom. The Bertz CT molecular complexity index is 490. The number of nitrogens with one attached hydrogen (secondary N) is 1. The van der Waals surface area contributed by atoms with E-state index in [2.05, 4.69) is 5.32 Å². The number of aliphatic hydroxyl groups is 2. The van der Waals surface area contributed by atoms with Gasteiger partial charge in [0, 0.05) is 25.2 Å². The Kier molecular flexibility index (Phi) is 5.85. The molecule has 0 spiro atoms. The number of carbonyl (C=O) groups is 1. The molecule has 2 rings (SSSR count). The van der Waals surface area contributed by atoms with Crippen molar-refractivity contribution in [3.63, 3.8) is 0 Å². The van der Waals surface area contributed by atoms with Crippen molar-refractivity contribution in [1.29, 1.82) is 0 Å². The highest BCUT2D eigenvalue weighted by atomic mass is 35.5. The number of nitrogens with zero attached hydrogens (tertiary/aromatic N) is 1. The van der Waals surface area contributed by atoms with Crippen molar-refractivity contribution in [2.45, 2.75) is 25.4 Å². The lowest BCUT2D eigenvalue weighted by Crippen LogP contribution is -2.35. The molecule has 1 fully saturated rings. The summed E-state index contributed by atoms with van der Waals surface area (Å²) in [6.45, 7) is 1.45. The molecule has 0 aliphatic carbocycles. The van der Waals surface area contributed by atoms with Crippen LogP contribution in [0.25, 0.3) is 0 Å².